The summed E-state index contributed by atoms with van der Waals surface area (Å²) < 4.78 is 4.86. The van der Waals surface area contributed by atoms with E-state index in [0.29, 0.717) is 16.5 Å². The van der Waals surface area contributed by atoms with E-state index in [9.17, 15) is 4.79 Å². The Bertz CT molecular complexity index is 451. The fourth-order valence-electron chi connectivity index (χ4n) is 1.07. The second-order valence-corrected chi connectivity index (χ2v) is 3.70. The zero-order valence-electron chi connectivity index (χ0n) is 8.01. The maximum Gasteiger partial charge on any atom is 0.232 e. The monoisotopic (exact) mass is 220 g/mol. The third-order valence-corrected chi connectivity index (χ3v) is 2.68. The van der Waals surface area contributed by atoms with Gasteiger partial charge in [-0.1, -0.05) is 6.07 Å². The van der Waals surface area contributed by atoms with Crippen LogP contribution in [0.25, 0.3) is 0 Å². The molecule has 76 valence electrons. The van der Waals surface area contributed by atoms with E-state index in [1.54, 1.807) is 6.07 Å². The summed E-state index contributed by atoms with van der Waals surface area (Å²) in [7, 11) is 1.50. The minimum absolute atomic E-state index is 0.111. The highest BCUT2D eigenvalue weighted by molar-refractivity contribution is 7.12. The van der Waals surface area contributed by atoms with Gasteiger partial charge in [0.2, 0.25) is 11.7 Å². The molecule has 0 amide bonds. The third-order valence-electron chi connectivity index (χ3n) is 1.81. The molecule has 0 saturated heterocycles. The summed E-state index contributed by atoms with van der Waals surface area (Å²) in [5, 5.41) is 1.85. The first kappa shape index (κ1) is 9.79. The Labute approximate surface area is 90.6 Å². The zero-order chi connectivity index (χ0) is 10.7. The van der Waals surface area contributed by atoms with Crippen LogP contribution in [-0.2, 0) is 0 Å². The summed E-state index contributed by atoms with van der Waals surface area (Å²) in [6.45, 7) is 0. The lowest BCUT2D eigenvalue weighted by Gasteiger charge is -1.99. The Hall–Kier alpha value is -1.75. The van der Waals surface area contributed by atoms with Crippen molar-refractivity contribution < 1.29 is 9.53 Å². The van der Waals surface area contributed by atoms with E-state index in [1.807, 2.05) is 11.4 Å². The van der Waals surface area contributed by atoms with Crippen molar-refractivity contribution >= 4 is 17.1 Å². The molecule has 0 spiro atoms. The molecule has 0 unspecified atom stereocenters. The molecule has 15 heavy (non-hydrogen) atoms. The van der Waals surface area contributed by atoms with Crippen LogP contribution in [0.2, 0.25) is 0 Å². The largest absolute Gasteiger partial charge is 0.480 e. The van der Waals surface area contributed by atoms with Crippen LogP contribution < -0.4 is 4.74 Å². The van der Waals surface area contributed by atoms with Gasteiger partial charge < -0.3 is 4.74 Å². The number of carbonyl (C=O) groups excluding carboxylic acids is 1. The molecule has 0 N–H and O–H groups in total. The number of hydrogen-bond acceptors (Lipinski definition) is 5. The first-order valence-corrected chi connectivity index (χ1v) is 5.13. The van der Waals surface area contributed by atoms with E-state index in [2.05, 4.69) is 9.97 Å². The van der Waals surface area contributed by atoms with Crippen LogP contribution in [0.5, 0.6) is 5.88 Å². The van der Waals surface area contributed by atoms with Gasteiger partial charge in [-0.2, -0.15) is 0 Å². The molecular formula is C10H8N2O2S. The fraction of sp³-hybridized carbons (Fsp3) is 0.100. The maximum atomic E-state index is 11.8. The predicted molar refractivity (Wildman–Crippen MR) is 56.3 cm³/mol. The van der Waals surface area contributed by atoms with E-state index >= 15 is 0 Å². The molecule has 0 aliphatic heterocycles. The summed E-state index contributed by atoms with van der Waals surface area (Å²) in [6, 6.07) is 3.59. The van der Waals surface area contributed by atoms with Gasteiger partial charge in [0.05, 0.1) is 24.4 Å². The number of aromatic nitrogens is 2. The molecule has 0 aliphatic rings. The minimum atomic E-state index is -0.111. The lowest BCUT2D eigenvalue weighted by molar-refractivity contribution is 0.103. The van der Waals surface area contributed by atoms with Crippen molar-refractivity contribution in [2.75, 3.05) is 7.11 Å². The molecular weight excluding hydrogens is 212 g/mol. The second kappa shape index (κ2) is 4.18. The minimum Gasteiger partial charge on any atom is -0.480 e. The molecule has 2 aromatic rings. The zero-order valence-corrected chi connectivity index (χ0v) is 8.82. The highest BCUT2D eigenvalue weighted by Crippen LogP contribution is 2.13. The SMILES string of the molecule is COc1cnc(C(=O)c2cccs2)cn1. The number of ketones is 1. The predicted octanol–water partition coefficient (Wildman–Crippen LogP) is 1.78. The standard InChI is InChI=1S/C10H8N2O2S/c1-14-9-6-11-7(5-12-9)10(13)8-3-2-4-15-8/h2-6H,1H3. The molecule has 5 heteroatoms. The molecule has 4 nitrogen and oxygen atoms in total. The highest BCUT2D eigenvalue weighted by Gasteiger charge is 2.11. The van der Waals surface area contributed by atoms with Gasteiger partial charge in [-0.15, -0.1) is 11.3 Å². The van der Waals surface area contributed by atoms with Crippen LogP contribution in [0.3, 0.4) is 0 Å². The molecule has 0 aromatic carbocycles. The maximum absolute atomic E-state index is 11.8. The Morgan fingerprint density at radius 1 is 1.40 bits per heavy atom. The highest BCUT2D eigenvalue weighted by atomic mass is 32.1. The van der Waals surface area contributed by atoms with Gasteiger partial charge in [0.1, 0.15) is 5.69 Å². The van der Waals surface area contributed by atoms with E-state index in [4.69, 9.17) is 4.74 Å². The van der Waals surface area contributed by atoms with Crippen LogP contribution in [0.15, 0.2) is 29.9 Å². The van der Waals surface area contributed by atoms with Gasteiger partial charge in [0.15, 0.2) is 0 Å². The molecule has 2 rings (SSSR count). The summed E-state index contributed by atoms with van der Waals surface area (Å²) in [6.07, 6.45) is 2.85. The molecule has 0 atom stereocenters. The topological polar surface area (TPSA) is 52.1 Å². The molecule has 0 saturated carbocycles. The van der Waals surface area contributed by atoms with Crippen molar-refractivity contribution in [2.45, 2.75) is 0 Å². The van der Waals surface area contributed by atoms with Crippen molar-refractivity contribution in [1.82, 2.24) is 9.97 Å². The van der Waals surface area contributed by atoms with E-state index < -0.39 is 0 Å². The molecule has 0 fully saturated rings. The van der Waals surface area contributed by atoms with Gasteiger partial charge in [0, 0.05) is 0 Å². The van der Waals surface area contributed by atoms with Gasteiger partial charge in [-0.3, -0.25) is 4.79 Å². The van der Waals surface area contributed by atoms with Crippen molar-refractivity contribution in [3.05, 3.63) is 40.5 Å². The lowest BCUT2D eigenvalue weighted by atomic mass is 10.2. The van der Waals surface area contributed by atoms with Crippen molar-refractivity contribution in [3.63, 3.8) is 0 Å². The summed E-state index contributed by atoms with van der Waals surface area (Å²) in [5.41, 5.74) is 0.332. The van der Waals surface area contributed by atoms with Crippen molar-refractivity contribution in [1.29, 1.82) is 0 Å². The van der Waals surface area contributed by atoms with E-state index in [1.165, 1.54) is 30.8 Å². The summed E-state index contributed by atoms with van der Waals surface area (Å²) in [4.78, 5) is 20.3. The third kappa shape index (κ3) is 2.02. The smallest absolute Gasteiger partial charge is 0.232 e. The van der Waals surface area contributed by atoms with Gasteiger partial charge in [0.25, 0.3) is 0 Å². The normalized spacial score (nSPS) is 9.93. The Balaban J connectivity index is 2.27. The number of ether oxygens (including phenoxy) is 1. The average Bonchev–Trinajstić information content (AvgIpc) is 2.82. The summed E-state index contributed by atoms with van der Waals surface area (Å²) >= 11 is 1.39. The van der Waals surface area contributed by atoms with Gasteiger partial charge in [-0.05, 0) is 11.4 Å². The number of methoxy groups -OCH3 is 1. The first-order valence-electron chi connectivity index (χ1n) is 4.25. The molecule has 2 heterocycles. The van der Waals surface area contributed by atoms with Gasteiger partial charge >= 0.3 is 0 Å². The fourth-order valence-corrected chi connectivity index (χ4v) is 1.75. The Morgan fingerprint density at radius 3 is 2.80 bits per heavy atom. The van der Waals surface area contributed by atoms with Crippen molar-refractivity contribution in [3.8, 4) is 5.88 Å². The number of nitrogens with zero attached hydrogens (tertiary/aromatic N) is 2. The number of thiophene rings is 1. The quantitative estimate of drug-likeness (QED) is 0.740. The molecule has 0 bridgehead atoms. The number of rotatable bonds is 3. The number of hydrogen-bond donors (Lipinski definition) is 0. The average molecular weight is 220 g/mol. The molecule has 0 aliphatic carbocycles. The lowest BCUT2D eigenvalue weighted by Crippen LogP contribution is -2.03. The molecule has 2 aromatic heterocycles. The number of carbonyl (C=O) groups is 1. The van der Waals surface area contributed by atoms with E-state index in [-0.39, 0.29) is 5.78 Å². The summed E-state index contributed by atoms with van der Waals surface area (Å²) in [5.74, 6) is 0.290. The Morgan fingerprint density at radius 2 is 2.27 bits per heavy atom. The van der Waals surface area contributed by atoms with Crippen LogP contribution in [-0.4, -0.2) is 22.9 Å². The first-order chi connectivity index (χ1) is 7.31. The second-order valence-electron chi connectivity index (χ2n) is 2.75. The van der Waals surface area contributed by atoms with E-state index in [0.717, 1.165) is 0 Å². The van der Waals surface area contributed by atoms with Crippen LogP contribution >= 0.6 is 11.3 Å². The molecule has 0 radical (unpaired) electrons. The van der Waals surface area contributed by atoms with Crippen LogP contribution in [0.4, 0.5) is 0 Å². The Kier molecular flexibility index (Phi) is 2.73. The van der Waals surface area contributed by atoms with Gasteiger partial charge in [-0.25, -0.2) is 9.97 Å². The van der Waals surface area contributed by atoms with Crippen LogP contribution in [0.1, 0.15) is 15.4 Å². The van der Waals surface area contributed by atoms with Crippen molar-refractivity contribution in [2.24, 2.45) is 0 Å². The van der Waals surface area contributed by atoms with Crippen LogP contribution in [0, 0.1) is 0 Å².